The van der Waals surface area contributed by atoms with Crippen LogP contribution in [-0.4, -0.2) is 48.6 Å². The number of carbonyl (C=O) groups is 2. The Morgan fingerprint density at radius 2 is 2.10 bits per heavy atom. The number of nitrogens with one attached hydrogen (secondary N) is 1. The highest BCUT2D eigenvalue weighted by Crippen LogP contribution is 2.45. The van der Waals surface area contributed by atoms with E-state index < -0.39 is 5.54 Å². The Morgan fingerprint density at radius 3 is 2.62 bits per heavy atom. The number of hydrogen-bond donors (Lipinski definition) is 1. The second-order valence-electron chi connectivity index (χ2n) is 6.59. The highest BCUT2D eigenvalue weighted by Gasteiger charge is 2.57. The Balaban J connectivity index is 2.21. The third-order valence-electron chi connectivity index (χ3n) is 5.15. The Hall–Kier alpha value is -1.10. The molecule has 5 heteroatoms. The summed E-state index contributed by atoms with van der Waals surface area (Å²) in [4.78, 5) is 27.4. The molecule has 1 saturated carbocycles. The molecule has 1 aliphatic carbocycles. The van der Waals surface area contributed by atoms with Crippen LogP contribution in [0.25, 0.3) is 0 Å². The number of hydrogen-bond acceptors (Lipinski definition) is 3. The lowest BCUT2D eigenvalue weighted by atomic mass is 9.85. The molecule has 2 aliphatic rings. The van der Waals surface area contributed by atoms with Crippen LogP contribution in [0.4, 0.5) is 0 Å². The van der Waals surface area contributed by atoms with Crippen LogP contribution in [0.15, 0.2) is 0 Å². The molecule has 0 bridgehead atoms. The lowest BCUT2D eigenvalue weighted by molar-refractivity contribution is -0.159. The second kappa shape index (κ2) is 6.34. The van der Waals surface area contributed by atoms with E-state index >= 15 is 0 Å². The normalized spacial score (nSPS) is 31.2. The predicted octanol–water partition coefficient (Wildman–Crippen LogP) is 1.56. The van der Waals surface area contributed by atoms with Gasteiger partial charge in [0.1, 0.15) is 11.6 Å². The van der Waals surface area contributed by atoms with E-state index in [0.717, 1.165) is 25.7 Å². The first-order chi connectivity index (χ1) is 9.96. The summed E-state index contributed by atoms with van der Waals surface area (Å²) in [6.07, 6.45) is 3.71. The molecule has 0 aromatic heterocycles. The molecule has 21 heavy (non-hydrogen) atoms. The molecular weight excluding hydrogens is 268 g/mol. The van der Waals surface area contributed by atoms with Crippen molar-refractivity contribution in [3.63, 3.8) is 0 Å². The van der Waals surface area contributed by atoms with Gasteiger partial charge in [0.15, 0.2) is 0 Å². The molecule has 1 N–H and O–H groups in total. The van der Waals surface area contributed by atoms with Gasteiger partial charge in [-0.2, -0.15) is 0 Å². The van der Waals surface area contributed by atoms with Crippen LogP contribution in [0.1, 0.15) is 46.5 Å². The van der Waals surface area contributed by atoms with Crippen molar-refractivity contribution in [2.75, 3.05) is 20.3 Å². The quantitative estimate of drug-likeness (QED) is 0.725. The first-order valence-electron chi connectivity index (χ1n) is 8.08. The highest BCUT2D eigenvalue weighted by atomic mass is 16.5. The van der Waals surface area contributed by atoms with Gasteiger partial charge in [0.25, 0.3) is 0 Å². The average Bonchev–Trinajstić information content (AvgIpc) is 3.30. The number of amides is 2. The van der Waals surface area contributed by atoms with Crippen molar-refractivity contribution in [1.82, 2.24) is 10.2 Å². The van der Waals surface area contributed by atoms with Crippen LogP contribution in [0.5, 0.6) is 0 Å². The van der Waals surface area contributed by atoms with Crippen LogP contribution in [-0.2, 0) is 14.3 Å². The molecule has 3 atom stereocenters. The molecule has 0 radical (unpaired) electrons. The minimum atomic E-state index is -0.672. The van der Waals surface area contributed by atoms with Gasteiger partial charge >= 0.3 is 0 Å². The van der Waals surface area contributed by atoms with E-state index in [1.165, 1.54) is 0 Å². The maximum absolute atomic E-state index is 12.9. The van der Waals surface area contributed by atoms with E-state index in [1.54, 1.807) is 7.11 Å². The van der Waals surface area contributed by atoms with Gasteiger partial charge in [-0.25, -0.2) is 0 Å². The highest BCUT2D eigenvalue weighted by molar-refractivity contribution is 6.00. The monoisotopic (exact) mass is 296 g/mol. The molecule has 2 rings (SSSR count). The van der Waals surface area contributed by atoms with Gasteiger partial charge in [-0.3, -0.25) is 9.59 Å². The predicted molar refractivity (Wildman–Crippen MR) is 80.7 cm³/mol. The summed E-state index contributed by atoms with van der Waals surface area (Å²) in [6, 6.07) is -0.378. The number of ether oxygens (including phenoxy) is 1. The van der Waals surface area contributed by atoms with E-state index in [0.29, 0.717) is 19.1 Å². The van der Waals surface area contributed by atoms with Crippen molar-refractivity contribution < 1.29 is 14.3 Å². The molecule has 0 aromatic carbocycles. The molecule has 2 fully saturated rings. The fourth-order valence-electron chi connectivity index (χ4n) is 3.25. The van der Waals surface area contributed by atoms with Gasteiger partial charge in [0, 0.05) is 20.3 Å². The molecule has 3 unspecified atom stereocenters. The van der Waals surface area contributed by atoms with E-state index in [2.05, 4.69) is 5.32 Å². The average molecular weight is 296 g/mol. The lowest BCUT2D eigenvalue weighted by Crippen LogP contribution is -2.71. The van der Waals surface area contributed by atoms with Crippen molar-refractivity contribution >= 4 is 11.8 Å². The molecule has 0 spiro atoms. The molecular formula is C16H28N2O3. The fourth-order valence-corrected chi connectivity index (χ4v) is 3.25. The first kappa shape index (κ1) is 16.3. The fraction of sp³-hybridized carbons (Fsp3) is 0.875. The molecule has 0 aromatic rings. The summed E-state index contributed by atoms with van der Waals surface area (Å²) in [5.74, 6) is 0.568. The van der Waals surface area contributed by atoms with E-state index in [-0.39, 0.29) is 23.8 Å². The van der Waals surface area contributed by atoms with Gasteiger partial charge in [-0.15, -0.1) is 0 Å². The SMILES string of the molecule is CCC(C)C1NC(=O)C(C)(C2CC2)N(CCCOC)C1=O. The lowest BCUT2D eigenvalue weighted by Gasteiger charge is -2.48. The number of methoxy groups -OCH3 is 1. The van der Waals surface area contributed by atoms with Crippen molar-refractivity contribution in [3.8, 4) is 0 Å². The van der Waals surface area contributed by atoms with Crippen LogP contribution in [0.3, 0.4) is 0 Å². The van der Waals surface area contributed by atoms with Gasteiger partial charge < -0.3 is 15.0 Å². The second-order valence-corrected chi connectivity index (χ2v) is 6.59. The van der Waals surface area contributed by atoms with Crippen molar-refractivity contribution in [2.24, 2.45) is 11.8 Å². The summed E-state index contributed by atoms with van der Waals surface area (Å²) in [5, 5.41) is 2.99. The smallest absolute Gasteiger partial charge is 0.246 e. The zero-order valence-corrected chi connectivity index (χ0v) is 13.6. The summed E-state index contributed by atoms with van der Waals surface area (Å²) in [6.45, 7) is 7.21. The number of piperazine rings is 1. The third-order valence-corrected chi connectivity index (χ3v) is 5.15. The Bertz CT molecular complexity index is 408. The summed E-state index contributed by atoms with van der Waals surface area (Å²) >= 11 is 0. The first-order valence-corrected chi connectivity index (χ1v) is 8.08. The van der Waals surface area contributed by atoms with Gasteiger partial charge in [0.05, 0.1) is 0 Å². The molecule has 1 heterocycles. The van der Waals surface area contributed by atoms with Gasteiger partial charge in [-0.1, -0.05) is 20.3 Å². The van der Waals surface area contributed by atoms with E-state index in [4.69, 9.17) is 4.74 Å². The largest absolute Gasteiger partial charge is 0.385 e. The Kier molecular flexibility index (Phi) is 4.91. The third kappa shape index (κ3) is 2.93. The Labute approximate surface area is 127 Å². The number of nitrogens with zero attached hydrogens (tertiary/aromatic N) is 1. The van der Waals surface area contributed by atoms with E-state index in [1.807, 2.05) is 25.7 Å². The minimum Gasteiger partial charge on any atom is -0.385 e. The number of rotatable bonds is 7. The summed E-state index contributed by atoms with van der Waals surface area (Å²) in [7, 11) is 1.66. The molecule has 2 amide bonds. The van der Waals surface area contributed by atoms with Gasteiger partial charge in [0.2, 0.25) is 11.8 Å². The zero-order valence-electron chi connectivity index (χ0n) is 13.6. The van der Waals surface area contributed by atoms with Crippen LogP contribution < -0.4 is 5.32 Å². The maximum Gasteiger partial charge on any atom is 0.246 e. The Morgan fingerprint density at radius 1 is 1.43 bits per heavy atom. The van der Waals surface area contributed by atoms with Crippen LogP contribution >= 0.6 is 0 Å². The van der Waals surface area contributed by atoms with E-state index in [9.17, 15) is 9.59 Å². The topological polar surface area (TPSA) is 58.6 Å². The zero-order chi connectivity index (χ0) is 15.6. The van der Waals surface area contributed by atoms with Crippen molar-refractivity contribution in [3.05, 3.63) is 0 Å². The summed E-state index contributed by atoms with van der Waals surface area (Å²) < 4.78 is 5.10. The molecule has 120 valence electrons. The minimum absolute atomic E-state index is 0.0207. The van der Waals surface area contributed by atoms with Crippen molar-refractivity contribution in [2.45, 2.75) is 58.0 Å². The standard InChI is InChI=1S/C16H28N2O3/c1-5-11(2)13-14(19)18(9-6-10-21-4)16(3,12-7-8-12)15(20)17-13/h11-13H,5-10H2,1-4H3,(H,17,20). The van der Waals surface area contributed by atoms with Gasteiger partial charge in [-0.05, 0) is 38.0 Å². The van der Waals surface area contributed by atoms with Crippen LogP contribution in [0.2, 0.25) is 0 Å². The maximum atomic E-state index is 12.9. The molecule has 1 aliphatic heterocycles. The van der Waals surface area contributed by atoms with Crippen LogP contribution in [0, 0.1) is 11.8 Å². The number of carbonyl (C=O) groups excluding carboxylic acids is 2. The molecule has 1 saturated heterocycles. The van der Waals surface area contributed by atoms with Crippen molar-refractivity contribution in [1.29, 1.82) is 0 Å². The summed E-state index contributed by atoms with van der Waals surface area (Å²) in [5.41, 5.74) is -0.672. The molecule has 5 nitrogen and oxygen atoms in total.